The lowest BCUT2D eigenvalue weighted by Gasteiger charge is -2.15. The molecule has 7 nitrogen and oxygen atoms in total. The minimum atomic E-state index is -3.87. The number of carbonyl (C=O) groups is 1. The predicted octanol–water partition coefficient (Wildman–Crippen LogP) is 1.84. The van der Waals surface area contributed by atoms with E-state index in [1.54, 1.807) is 24.3 Å². The molecule has 0 atom stereocenters. The van der Waals surface area contributed by atoms with Crippen LogP contribution in [0, 0.1) is 0 Å². The van der Waals surface area contributed by atoms with Gasteiger partial charge in [-0.1, -0.05) is 0 Å². The molecule has 0 aliphatic heterocycles. The van der Waals surface area contributed by atoms with Crippen LogP contribution >= 0.6 is 11.8 Å². The number of amides is 1. The normalized spacial score (nSPS) is 11.3. The molecule has 0 aliphatic rings. The summed E-state index contributed by atoms with van der Waals surface area (Å²) in [4.78, 5) is 11.6. The molecule has 1 aromatic carbocycles. The lowest BCUT2D eigenvalue weighted by atomic mass is 10.2. The number of nitrogens with one attached hydrogen (secondary N) is 1. The summed E-state index contributed by atoms with van der Waals surface area (Å²) in [6.45, 7) is 2.37. The minimum absolute atomic E-state index is 0.000815. The van der Waals surface area contributed by atoms with Crippen LogP contribution in [0.3, 0.4) is 0 Å². The van der Waals surface area contributed by atoms with Crippen LogP contribution in [0.1, 0.15) is 23.0 Å². The Hall–Kier alpha value is -2.03. The Morgan fingerprint density at radius 1 is 1.30 bits per heavy atom. The molecule has 2 aromatic rings. The van der Waals surface area contributed by atoms with Crippen molar-refractivity contribution >= 4 is 33.4 Å². The van der Waals surface area contributed by atoms with Gasteiger partial charge in [0.1, 0.15) is 10.7 Å². The first-order valence-electron chi connectivity index (χ1n) is 6.73. The number of furan rings is 1. The van der Waals surface area contributed by atoms with Crippen molar-refractivity contribution in [1.82, 2.24) is 5.32 Å². The number of rotatable bonds is 6. The molecule has 2 rings (SSSR count). The molecule has 3 N–H and O–H groups in total. The van der Waals surface area contributed by atoms with Crippen molar-refractivity contribution in [2.45, 2.75) is 18.4 Å². The first-order valence-corrected chi connectivity index (χ1v) is 8.62. The average molecular weight is 358 g/mol. The van der Waals surface area contributed by atoms with Gasteiger partial charge < -0.3 is 9.73 Å². The second kappa shape index (κ2) is 7.03. The zero-order chi connectivity index (χ0) is 17.0. The van der Waals surface area contributed by atoms with Crippen molar-refractivity contribution < 1.29 is 17.6 Å². The molecule has 0 aliphatic carbocycles. The SMILES string of the molecule is CCNC(=O)c1ccc(N(Cl)Cc2occc2S(N)(=O)=O)cc1. The molecule has 0 saturated carbocycles. The van der Waals surface area contributed by atoms with Crippen LogP contribution in [0.2, 0.25) is 0 Å². The maximum Gasteiger partial charge on any atom is 0.251 e. The molecule has 23 heavy (non-hydrogen) atoms. The van der Waals surface area contributed by atoms with E-state index >= 15 is 0 Å². The largest absolute Gasteiger partial charge is 0.466 e. The quantitative estimate of drug-likeness (QED) is 0.767. The van der Waals surface area contributed by atoms with Gasteiger partial charge in [0.15, 0.2) is 0 Å². The second-order valence-corrected chi connectivity index (χ2v) is 6.62. The Labute approximate surface area is 139 Å². The number of sulfonamides is 1. The summed E-state index contributed by atoms with van der Waals surface area (Å²) in [5.74, 6) is -0.0435. The van der Waals surface area contributed by atoms with Gasteiger partial charge >= 0.3 is 0 Å². The number of hydrogen-bond donors (Lipinski definition) is 2. The van der Waals surface area contributed by atoms with Gasteiger partial charge in [0, 0.05) is 23.9 Å². The maximum absolute atomic E-state index is 11.7. The van der Waals surface area contributed by atoms with E-state index in [0.717, 1.165) is 0 Å². The molecule has 9 heteroatoms. The number of carbonyl (C=O) groups excluding carboxylic acids is 1. The third-order valence-electron chi connectivity index (χ3n) is 3.04. The van der Waals surface area contributed by atoms with E-state index in [0.29, 0.717) is 17.8 Å². The van der Waals surface area contributed by atoms with Crippen molar-refractivity contribution in [3.63, 3.8) is 0 Å². The van der Waals surface area contributed by atoms with E-state index in [-0.39, 0.29) is 23.1 Å². The highest BCUT2D eigenvalue weighted by Crippen LogP contribution is 2.24. The smallest absolute Gasteiger partial charge is 0.251 e. The van der Waals surface area contributed by atoms with E-state index in [4.69, 9.17) is 21.3 Å². The molecule has 0 saturated heterocycles. The highest BCUT2D eigenvalue weighted by atomic mass is 35.5. The molecule has 0 unspecified atom stereocenters. The summed E-state index contributed by atoms with van der Waals surface area (Å²) >= 11 is 6.15. The van der Waals surface area contributed by atoms with E-state index in [9.17, 15) is 13.2 Å². The third kappa shape index (κ3) is 4.25. The third-order valence-corrected chi connectivity index (χ3v) is 4.33. The van der Waals surface area contributed by atoms with Crippen LogP contribution < -0.4 is 14.9 Å². The van der Waals surface area contributed by atoms with E-state index in [1.165, 1.54) is 16.7 Å². The number of nitrogens with two attached hydrogens (primary N) is 1. The summed E-state index contributed by atoms with van der Waals surface area (Å²) in [7, 11) is -3.87. The Balaban J connectivity index is 2.14. The van der Waals surface area contributed by atoms with Gasteiger partial charge in [-0.25, -0.2) is 13.6 Å². The van der Waals surface area contributed by atoms with Gasteiger partial charge in [0.2, 0.25) is 10.0 Å². The Bertz CT molecular complexity index is 787. The van der Waals surface area contributed by atoms with E-state index < -0.39 is 10.0 Å². The Morgan fingerprint density at radius 3 is 2.52 bits per heavy atom. The highest BCUT2D eigenvalue weighted by molar-refractivity contribution is 7.89. The maximum atomic E-state index is 11.7. The number of nitrogens with zero attached hydrogens (tertiary/aromatic N) is 1. The number of benzene rings is 1. The van der Waals surface area contributed by atoms with Gasteiger partial charge in [-0.15, -0.1) is 0 Å². The molecule has 0 spiro atoms. The lowest BCUT2D eigenvalue weighted by Crippen LogP contribution is -2.22. The molecule has 0 bridgehead atoms. The zero-order valence-electron chi connectivity index (χ0n) is 12.3. The zero-order valence-corrected chi connectivity index (χ0v) is 13.9. The van der Waals surface area contributed by atoms with Gasteiger partial charge in [-0.05, 0) is 37.3 Å². The predicted molar refractivity (Wildman–Crippen MR) is 86.6 cm³/mol. The second-order valence-electron chi connectivity index (χ2n) is 4.68. The number of anilines is 1. The van der Waals surface area contributed by atoms with Crippen LogP contribution in [-0.4, -0.2) is 20.9 Å². The highest BCUT2D eigenvalue weighted by Gasteiger charge is 2.19. The van der Waals surface area contributed by atoms with Crippen LogP contribution in [0.15, 0.2) is 45.9 Å². The van der Waals surface area contributed by atoms with Gasteiger partial charge in [-0.2, -0.15) is 0 Å². The molecule has 1 aromatic heterocycles. The van der Waals surface area contributed by atoms with Crippen molar-refractivity contribution in [3.05, 3.63) is 47.9 Å². The fraction of sp³-hybridized carbons (Fsp3) is 0.214. The average Bonchev–Trinajstić information content (AvgIpc) is 2.96. The van der Waals surface area contributed by atoms with Gasteiger partial charge in [-0.3, -0.25) is 9.21 Å². The number of halogens is 1. The Morgan fingerprint density at radius 2 is 1.96 bits per heavy atom. The standard InChI is InChI=1S/C14H16ClN3O4S/c1-2-17-14(19)10-3-5-11(6-4-10)18(15)9-12-13(7-8-22-12)23(16,20)21/h3-8H,2,9H2,1H3,(H,17,19)(H2,16,20,21). The molecular weight excluding hydrogens is 342 g/mol. The minimum Gasteiger partial charge on any atom is -0.466 e. The van der Waals surface area contributed by atoms with Crippen LogP contribution in [0.25, 0.3) is 0 Å². The summed E-state index contributed by atoms with van der Waals surface area (Å²) < 4.78 is 29.3. The Kier molecular flexibility index (Phi) is 5.30. The van der Waals surface area contributed by atoms with Crippen molar-refractivity contribution in [2.24, 2.45) is 5.14 Å². The summed E-state index contributed by atoms with van der Waals surface area (Å²) in [6, 6.07) is 7.82. The van der Waals surface area contributed by atoms with Crippen molar-refractivity contribution in [3.8, 4) is 0 Å². The van der Waals surface area contributed by atoms with Gasteiger partial charge in [0.25, 0.3) is 5.91 Å². The van der Waals surface area contributed by atoms with Crippen molar-refractivity contribution in [1.29, 1.82) is 0 Å². The molecule has 124 valence electrons. The van der Waals surface area contributed by atoms with E-state index in [2.05, 4.69) is 5.32 Å². The molecule has 1 amide bonds. The monoisotopic (exact) mass is 357 g/mol. The topological polar surface area (TPSA) is 106 Å². The number of primary sulfonamides is 1. The molecular formula is C14H16ClN3O4S. The van der Waals surface area contributed by atoms with E-state index in [1.807, 2.05) is 6.92 Å². The summed E-state index contributed by atoms with van der Waals surface area (Å²) in [5.41, 5.74) is 1.08. The summed E-state index contributed by atoms with van der Waals surface area (Å²) in [6.07, 6.45) is 1.23. The van der Waals surface area contributed by atoms with Crippen LogP contribution in [0.4, 0.5) is 5.69 Å². The fourth-order valence-corrected chi connectivity index (χ4v) is 2.85. The molecule has 1 heterocycles. The molecule has 0 fully saturated rings. The van der Waals surface area contributed by atoms with Crippen LogP contribution in [0.5, 0.6) is 0 Å². The first kappa shape index (κ1) is 17.3. The molecule has 0 radical (unpaired) electrons. The van der Waals surface area contributed by atoms with Crippen molar-refractivity contribution in [2.75, 3.05) is 11.0 Å². The van der Waals surface area contributed by atoms with Crippen LogP contribution in [-0.2, 0) is 16.6 Å². The first-order chi connectivity index (χ1) is 10.8. The van der Waals surface area contributed by atoms with Gasteiger partial charge in [0.05, 0.1) is 18.5 Å². The fourth-order valence-electron chi connectivity index (χ4n) is 1.95. The summed E-state index contributed by atoms with van der Waals surface area (Å²) in [5, 5.41) is 7.79. The lowest BCUT2D eigenvalue weighted by molar-refractivity contribution is 0.0956. The number of hydrogen-bond acceptors (Lipinski definition) is 5.